The SMILES string of the molecule is CC[C@H]1CC2C(CCC3(C)C([C@H](C)CCCC(=O)NS(=O)(=O)c4ccc5c(c4)OCO5)CC[C@@H]23)[C@@]2(C)CC[C@@H](O)C[C@@H]12. The smallest absolute Gasteiger partial charge is 0.264 e. The molecule has 0 saturated heterocycles. The third-order valence-corrected chi connectivity index (χ3v) is 14.4. The Morgan fingerprint density at radius 3 is 2.55 bits per heavy atom. The predicted octanol–water partition coefficient (Wildman–Crippen LogP) is 6.68. The minimum Gasteiger partial charge on any atom is -0.454 e. The van der Waals surface area contributed by atoms with Crippen LogP contribution in [-0.4, -0.2) is 32.3 Å². The second-order valence-corrected chi connectivity index (χ2v) is 16.6. The van der Waals surface area contributed by atoms with Gasteiger partial charge in [0.25, 0.3) is 10.0 Å². The second kappa shape index (κ2) is 11.3. The molecular formula is C34H51NO6S. The van der Waals surface area contributed by atoms with Crippen LogP contribution in [0.1, 0.15) is 105 Å². The summed E-state index contributed by atoms with van der Waals surface area (Å²) in [6.07, 6.45) is 12.7. The van der Waals surface area contributed by atoms with Crippen LogP contribution in [0.3, 0.4) is 0 Å². The molecule has 10 atom stereocenters. The average Bonchev–Trinajstić information content (AvgIpc) is 3.56. The Labute approximate surface area is 252 Å². The highest BCUT2D eigenvalue weighted by Crippen LogP contribution is 2.69. The van der Waals surface area contributed by atoms with Gasteiger partial charge in [-0.3, -0.25) is 4.79 Å². The van der Waals surface area contributed by atoms with Crippen molar-refractivity contribution in [3.8, 4) is 11.5 Å². The summed E-state index contributed by atoms with van der Waals surface area (Å²) in [5.74, 6) is 5.37. The maximum Gasteiger partial charge on any atom is 0.264 e. The fraction of sp³-hybridized carbons (Fsp3) is 0.794. The fourth-order valence-corrected chi connectivity index (χ4v) is 12.0. The standard InChI is InChI=1S/C34H51NO6S/c1-5-22-17-25-27-11-10-26(33(27,3)16-14-28(25)34(4)15-13-23(36)18-29(22)34)21(2)7-6-8-32(37)35-42(38,39)24-9-12-30-31(19-24)41-20-40-30/h9,12,19,21-23,25-29,36H,5-8,10-11,13-18,20H2,1-4H3,(H,35,37)/t21-,22+,23-,25?,26?,27+,28?,29+,33?,34-/m1/s1. The molecule has 4 saturated carbocycles. The fourth-order valence-electron chi connectivity index (χ4n) is 11.0. The number of aliphatic hydroxyl groups is 1. The largest absolute Gasteiger partial charge is 0.454 e. The minimum absolute atomic E-state index is 0.00611. The molecular weight excluding hydrogens is 550 g/mol. The van der Waals surface area contributed by atoms with Gasteiger partial charge in [0.15, 0.2) is 11.5 Å². The molecule has 6 rings (SSSR count). The molecule has 4 fully saturated rings. The van der Waals surface area contributed by atoms with E-state index < -0.39 is 15.9 Å². The van der Waals surface area contributed by atoms with Gasteiger partial charge in [0.2, 0.25) is 12.7 Å². The van der Waals surface area contributed by atoms with E-state index in [0.29, 0.717) is 46.5 Å². The van der Waals surface area contributed by atoms with Crippen LogP contribution in [0, 0.1) is 52.3 Å². The van der Waals surface area contributed by atoms with E-state index in [2.05, 4.69) is 32.4 Å². The highest BCUT2D eigenvalue weighted by atomic mass is 32.2. The lowest BCUT2D eigenvalue weighted by Crippen LogP contribution is -2.56. The number of nitrogens with one attached hydrogen (secondary N) is 1. The average molecular weight is 602 g/mol. The number of hydrogen-bond acceptors (Lipinski definition) is 6. The van der Waals surface area contributed by atoms with E-state index in [-0.39, 0.29) is 24.2 Å². The zero-order valence-electron chi connectivity index (χ0n) is 25.9. The van der Waals surface area contributed by atoms with Crippen LogP contribution in [0.5, 0.6) is 11.5 Å². The molecule has 1 amide bonds. The first-order chi connectivity index (χ1) is 20.0. The molecule has 1 aliphatic heterocycles. The number of sulfonamides is 1. The van der Waals surface area contributed by atoms with E-state index >= 15 is 0 Å². The van der Waals surface area contributed by atoms with Crippen LogP contribution in [0.2, 0.25) is 0 Å². The van der Waals surface area contributed by atoms with Crippen molar-refractivity contribution >= 4 is 15.9 Å². The molecule has 8 heteroatoms. The predicted molar refractivity (Wildman–Crippen MR) is 161 cm³/mol. The van der Waals surface area contributed by atoms with Crippen LogP contribution in [-0.2, 0) is 14.8 Å². The van der Waals surface area contributed by atoms with Crippen LogP contribution in [0.15, 0.2) is 23.1 Å². The number of carbonyl (C=O) groups excluding carboxylic acids is 1. The first-order valence-electron chi connectivity index (χ1n) is 16.6. The Morgan fingerprint density at radius 1 is 1.02 bits per heavy atom. The van der Waals surface area contributed by atoms with Gasteiger partial charge in [-0.2, -0.15) is 0 Å². The molecule has 234 valence electrons. The molecule has 1 aromatic carbocycles. The summed E-state index contributed by atoms with van der Waals surface area (Å²) < 4.78 is 38.4. The van der Waals surface area contributed by atoms with E-state index in [1.807, 2.05) is 0 Å². The van der Waals surface area contributed by atoms with Gasteiger partial charge in [0, 0.05) is 12.5 Å². The second-order valence-electron chi connectivity index (χ2n) is 15.0. The summed E-state index contributed by atoms with van der Waals surface area (Å²) in [6.45, 7) is 9.95. The first-order valence-corrected chi connectivity index (χ1v) is 18.1. The van der Waals surface area contributed by atoms with Crippen molar-refractivity contribution in [2.45, 2.75) is 116 Å². The van der Waals surface area contributed by atoms with Gasteiger partial charge in [-0.15, -0.1) is 0 Å². The number of amides is 1. The number of hydrogen-bond donors (Lipinski definition) is 2. The summed E-state index contributed by atoms with van der Waals surface area (Å²) >= 11 is 0. The van der Waals surface area contributed by atoms with Gasteiger partial charge >= 0.3 is 0 Å². The number of carbonyl (C=O) groups is 1. The summed E-state index contributed by atoms with van der Waals surface area (Å²) in [7, 11) is -3.96. The maximum absolute atomic E-state index is 12.8. The van der Waals surface area contributed by atoms with Crippen molar-refractivity contribution in [2.24, 2.45) is 52.3 Å². The summed E-state index contributed by atoms with van der Waals surface area (Å²) in [6, 6.07) is 4.39. The molecule has 5 aliphatic rings. The van der Waals surface area contributed by atoms with Crippen molar-refractivity contribution in [1.82, 2.24) is 4.72 Å². The molecule has 4 unspecified atom stereocenters. The number of aliphatic hydroxyl groups excluding tert-OH is 1. The molecule has 42 heavy (non-hydrogen) atoms. The molecule has 7 nitrogen and oxygen atoms in total. The number of ether oxygens (including phenoxy) is 2. The Morgan fingerprint density at radius 2 is 1.76 bits per heavy atom. The maximum atomic E-state index is 12.8. The summed E-state index contributed by atoms with van der Waals surface area (Å²) in [4.78, 5) is 12.7. The molecule has 2 N–H and O–H groups in total. The van der Waals surface area contributed by atoms with E-state index in [4.69, 9.17) is 9.47 Å². The normalized spacial score (nSPS) is 39.6. The number of benzene rings is 1. The highest BCUT2D eigenvalue weighted by molar-refractivity contribution is 7.90. The third kappa shape index (κ3) is 5.16. The van der Waals surface area contributed by atoms with E-state index in [0.717, 1.165) is 42.9 Å². The van der Waals surface area contributed by atoms with Crippen LogP contribution < -0.4 is 14.2 Å². The molecule has 4 aliphatic carbocycles. The van der Waals surface area contributed by atoms with Crippen molar-refractivity contribution in [1.29, 1.82) is 0 Å². The molecule has 0 radical (unpaired) electrons. The first kappa shape index (κ1) is 30.2. The molecule has 0 aromatic heterocycles. The zero-order valence-corrected chi connectivity index (χ0v) is 26.8. The summed E-state index contributed by atoms with van der Waals surface area (Å²) in [5.41, 5.74) is 0.726. The Kier molecular flexibility index (Phi) is 8.12. The van der Waals surface area contributed by atoms with Gasteiger partial charge in [-0.05, 0) is 129 Å². The van der Waals surface area contributed by atoms with Crippen molar-refractivity contribution < 1.29 is 27.8 Å². The van der Waals surface area contributed by atoms with Gasteiger partial charge in [0.05, 0.1) is 11.0 Å². The quantitative estimate of drug-likeness (QED) is 0.345. The van der Waals surface area contributed by atoms with Crippen LogP contribution in [0.4, 0.5) is 0 Å². The number of rotatable bonds is 8. The zero-order chi connectivity index (χ0) is 29.9. The van der Waals surface area contributed by atoms with Gasteiger partial charge in [0.1, 0.15) is 0 Å². The van der Waals surface area contributed by atoms with Gasteiger partial charge in [-0.25, -0.2) is 13.1 Å². The van der Waals surface area contributed by atoms with Gasteiger partial charge < -0.3 is 14.6 Å². The lowest BCUT2D eigenvalue weighted by Gasteiger charge is -2.63. The van der Waals surface area contributed by atoms with Crippen molar-refractivity contribution in [3.63, 3.8) is 0 Å². The minimum atomic E-state index is -3.96. The van der Waals surface area contributed by atoms with Crippen LogP contribution >= 0.6 is 0 Å². The topological polar surface area (TPSA) is 102 Å². The van der Waals surface area contributed by atoms with Crippen molar-refractivity contribution in [3.05, 3.63) is 18.2 Å². The molecule has 1 heterocycles. The Bertz CT molecular complexity index is 1280. The van der Waals surface area contributed by atoms with Gasteiger partial charge in [-0.1, -0.05) is 34.1 Å². The molecule has 0 spiro atoms. The lowest BCUT2D eigenvalue weighted by molar-refractivity contribution is -0.152. The molecule has 1 aromatic rings. The third-order valence-electron chi connectivity index (χ3n) is 13.1. The number of fused-ring (bicyclic) bond motifs is 6. The van der Waals surface area contributed by atoms with E-state index in [1.54, 1.807) is 6.07 Å². The highest BCUT2D eigenvalue weighted by Gasteiger charge is 2.62. The van der Waals surface area contributed by atoms with E-state index in [1.165, 1.54) is 57.1 Å². The monoisotopic (exact) mass is 601 g/mol. The Hall–Kier alpha value is -1.80. The molecule has 0 bridgehead atoms. The van der Waals surface area contributed by atoms with E-state index in [9.17, 15) is 18.3 Å². The lowest BCUT2D eigenvalue weighted by atomic mass is 9.42. The van der Waals surface area contributed by atoms with Crippen molar-refractivity contribution in [2.75, 3.05) is 6.79 Å². The summed E-state index contributed by atoms with van der Waals surface area (Å²) in [5, 5.41) is 10.5. The Balaban J connectivity index is 1.05. The van der Waals surface area contributed by atoms with Crippen LogP contribution in [0.25, 0.3) is 0 Å².